The number of β-amino-alcohol motifs (C(OH)–C–C–N with tert-alkyl or cyclic N) is 1. The maximum absolute atomic E-state index is 9.61. The third-order valence-electron chi connectivity index (χ3n) is 3.01. The summed E-state index contributed by atoms with van der Waals surface area (Å²) in [6.07, 6.45) is 1.40. The molecule has 1 aromatic heterocycles. The number of hydrogen-bond donors (Lipinski definition) is 3. The zero-order chi connectivity index (χ0) is 11.5. The highest BCUT2D eigenvalue weighted by Gasteiger charge is 2.24. The van der Waals surface area contributed by atoms with Gasteiger partial charge in [-0.05, 0) is 0 Å². The number of aliphatic hydroxyl groups is 1. The van der Waals surface area contributed by atoms with E-state index in [1.807, 2.05) is 7.05 Å². The van der Waals surface area contributed by atoms with E-state index in [0.29, 0.717) is 18.1 Å². The lowest BCUT2D eigenvalue weighted by Gasteiger charge is -2.14. The van der Waals surface area contributed by atoms with Gasteiger partial charge in [0.1, 0.15) is 0 Å². The van der Waals surface area contributed by atoms with Crippen LogP contribution < -0.4 is 10.6 Å². The molecule has 0 radical (unpaired) electrons. The zero-order valence-electron chi connectivity index (χ0n) is 9.28. The molecule has 1 aliphatic heterocycles. The van der Waals surface area contributed by atoms with Crippen LogP contribution in [0.25, 0.3) is 0 Å². The van der Waals surface area contributed by atoms with Gasteiger partial charge in [-0.15, -0.1) is 0 Å². The highest BCUT2D eigenvalue weighted by Crippen LogP contribution is 2.14. The molecule has 3 N–H and O–H groups in total. The molecule has 0 aliphatic carbocycles. The van der Waals surface area contributed by atoms with Crippen molar-refractivity contribution < 1.29 is 5.11 Å². The number of halogens is 1. The first-order chi connectivity index (χ1) is 7.68. The Balaban J connectivity index is 1.80. The van der Waals surface area contributed by atoms with Crippen molar-refractivity contribution in [3.63, 3.8) is 0 Å². The fraction of sp³-hybridized carbons (Fsp3) is 0.700. The Morgan fingerprint density at radius 2 is 2.50 bits per heavy atom. The van der Waals surface area contributed by atoms with Crippen molar-refractivity contribution in [2.45, 2.75) is 12.6 Å². The largest absolute Gasteiger partial charge is 0.391 e. The summed E-state index contributed by atoms with van der Waals surface area (Å²) in [6.45, 7) is 3.03. The minimum Gasteiger partial charge on any atom is -0.391 e. The predicted molar refractivity (Wildman–Crippen MR) is 62.3 cm³/mol. The van der Waals surface area contributed by atoms with Crippen molar-refractivity contribution in [3.05, 3.63) is 16.9 Å². The Hall–Kier alpha value is -0.620. The van der Waals surface area contributed by atoms with Gasteiger partial charge in [-0.1, -0.05) is 11.6 Å². The lowest BCUT2D eigenvalue weighted by molar-refractivity contribution is 0.146. The van der Waals surface area contributed by atoms with Crippen LogP contribution in [0.5, 0.6) is 0 Å². The summed E-state index contributed by atoms with van der Waals surface area (Å²) >= 11 is 5.98. The molecule has 0 aromatic carbocycles. The van der Waals surface area contributed by atoms with Gasteiger partial charge >= 0.3 is 0 Å². The number of nitrogens with zero attached hydrogens (tertiary/aromatic N) is 2. The average Bonchev–Trinajstić information content (AvgIpc) is 2.79. The SMILES string of the molecule is Cn1ncc(Cl)c1CNCC1CNCC1O. The van der Waals surface area contributed by atoms with Crippen molar-refractivity contribution >= 4 is 11.6 Å². The average molecular weight is 245 g/mol. The molecule has 2 atom stereocenters. The molecule has 0 saturated carbocycles. The highest BCUT2D eigenvalue weighted by molar-refractivity contribution is 6.31. The van der Waals surface area contributed by atoms with Crippen LogP contribution in [0.4, 0.5) is 0 Å². The van der Waals surface area contributed by atoms with Gasteiger partial charge in [0.15, 0.2) is 0 Å². The summed E-state index contributed by atoms with van der Waals surface area (Å²) in [5.74, 6) is 0.284. The Labute approximate surface area is 99.8 Å². The monoisotopic (exact) mass is 244 g/mol. The first-order valence-electron chi connectivity index (χ1n) is 5.44. The Morgan fingerprint density at radius 1 is 1.69 bits per heavy atom. The first-order valence-corrected chi connectivity index (χ1v) is 5.82. The number of aliphatic hydroxyl groups excluding tert-OH is 1. The molecule has 0 amide bonds. The second-order valence-electron chi connectivity index (χ2n) is 4.18. The van der Waals surface area contributed by atoms with Crippen LogP contribution in [-0.4, -0.2) is 40.6 Å². The van der Waals surface area contributed by atoms with Crippen molar-refractivity contribution in [1.29, 1.82) is 0 Å². The third kappa shape index (κ3) is 2.55. The molecule has 1 fully saturated rings. The molecule has 0 bridgehead atoms. The third-order valence-corrected chi connectivity index (χ3v) is 3.33. The second kappa shape index (κ2) is 5.14. The van der Waals surface area contributed by atoms with E-state index in [4.69, 9.17) is 11.6 Å². The summed E-state index contributed by atoms with van der Waals surface area (Å²) in [5, 5.41) is 20.8. The van der Waals surface area contributed by atoms with Crippen LogP contribution in [-0.2, 0) is 13.6 Å². The van der Waals surface area contributed by atoms with E-state index in [1.54, 1.807) is 10.9 Å². The minimum absolute atomic E-state index is 0.241. The fourth-order valence-electron chi connectivity index (χ4n) is 1.94. The van der Waals surface area contributed by atoms with Gasteiger partial charge in [-0.2, -0.15) is 5.10 Å². The molecule has 2 heterocycles. The molecule has 1 saturated heterocycles. The molecule has 5 nitrogen and oxygen atoms in total. The number of aryl methyl sites for hydroxylation is 1. The van der Waals surface area contributed by atoms with Gasteiger partial charge in [-0.25, -0.2) is 0 Å². The lowest BCUT2D eigenvalue weighted by atomic mass is 10.1. The maximum atomic E-state index is 9.61. The van der Waals surface area contributed by atoms with Crippen molar-refractivity contribution in [2.75, 3.05) is 19.6 Å². The van der Waals surface area contributed by atoms with Crippen LogP contribution >= 0.6 is 11.6 Å². The van der Waals surface area contributed by atoms with E-state index in [1.165, 1.54) is 0 Å². The molecule has 1 aliphatic rings. The molecule has 1 aromatic rings. The molecule has 6 heteroatoms. The summed E-state index contributed by atoms with van der Waals surface area (Å²) in [7, 11) is 1.87. The van der Waals surface area contributed by atoms with E-state index in [-0.39, 0.29) is 12.0 Å². The summed E-state index contributed by atoms with van der Waals surface area (Å²) < 4.78 is 1.76. The van der Waals surface area contributed by atoms with Crippen molar-refractivity contribution in [3.8, 4) is 0 Å². The summed E-state index contributed by atoms with van der Waals surface area (Å²) in [6, 6.07) is 0. The number of rotatable bonds is 4. The first kappa shape index (κ1) is 11.9. The molecule has 90 valence electrons. The topological polar surface area (TPSA) is 62.1 Å². The highest BCUT2D eigenvalue weighted by atomic mass is 35.5. The number of aromatic nitrogens is 2. The van der Waals surface area contributed by atoms with Crippen LogP contribution in [0, 0.1) is 5.92 Å². The van der Waals surface area contributed by atoms with E-state index < -0.39 is 0 Å². The molecule has 16 heavy (non-hydrogen) atoms. The smallest absolute Gasteiger partial charge is 0.0831 e. The van der Waals surface area contributed by atoms with Gasteiger partial charge in [-0.3, -0.25) is 4.68 Å². The van der Waals surface area contributed by atoms with Crippen LogP contribution in [0.3, 0.4) is 0 Å². The van der Waals surface area contributed by atoms with Gasteiger partial charge in [0.25, 0.3) is 0 Å². The lowest BCUT2D eigenvalue weighted by Crippen LogP contribution is -2.30. The van der Waals surface area contributed by atoms with Gasteiger partial charge in [0, 0.05) is 39.1 Å². The van der Waals surface area contributed by atoms with E-state index >= 15 is 0 Å². The molecule has 2 unspecified atom stereocenters. The van der Waals surface area contributed by atoms with Crippen molar-refractivity contribution in [1.82, 2.24) is 20.4 Å². The Bertz CT molecular complexity index is 335. The van der Waals surface area contributed by atoms with Gasteiger partial charge in [0.05, 0.1) is 23.0 Å². The van der Waals surface area contributed by atoms with Crippen LogP contribution in [0.2, 0.25) is 5.02 Å². The van der Waals surface area contributed by atoms with E-state index in [0.717, 1.165) is 18.8 Å². The summed E-state index contributed by atoms with van der Waals surface area (Å²) in [5.41, 5.74) is 0.974. The molecule has 0 spiro atoms. The predicted octanol–water partition coefficient (Wildman–Crippen LogP) is -0.257. The van der Waals surface area contributed by atoms with Crippen molar-refractivity contribution in [2.24, 2.45) is 13.0 Å². The Kier molecular flexibility index (Phi) is 3.81. The van der Waals surface area contributed by atoms with Crippen LogP contribution in [0.1, 0.15) is 5.69 Å². The van der Waals surface area contributed by atoms with Crippen LogP contribution in [0.15, 0.2) is 6.20 Å². The molecular formula is C10H17ClN4O. The van der Waals surface area contributed by atoms with E-state index in [9.17, 15) is 5.11 Å². The standard InChI is InChI=1S/C10H17ClN4O/c1-15-9(8(11)4-14-15)5-12-2-7-3-13-6-10(7)16/h4,7,10,12-13,16H,2-3,5-6H2,1H3. The second-order valence-corrected chi connectivity index (χ2v) is 4.59. The number of nitrogens with one attached hydrogen (secondary N) is 2. The minimum atomic E-state index is -0.241. The normalized spacial score (nSPS) is 25.2. The number of hydrogen-bond acceptors (Lipinski definition) is 4. The maximum Gasteiger partial charge on any atom is 0.0831 e. The molecular weight excluding hydrogens is 228 g/mol. The molecule has 2 rings (SSSR count). The summed E-state index contributed by atoms with van der Waals surface area (Å²) in [4.78, 5) is 0. The Morgan fingerprint density at radius 3 is 3.06 bits per heavy atom. The van der Waals surface area contributed by atoms with Gasteiger partial charge in [0.2, 0.25) is 0 Å². The fourth-order valence-corrected chi connectivity index (χ4v) is 2.17. The van der Waals surface area contributed by atoms with E-state index in [2.05, 4.69) is 15.7 Å². The van der Waals surface area contributed by atoms with Gasteiger partial charge < -0.3 is 15.7 Å². The zero-order valence-corrected chi connectivity index (χ0v) is 10.0. The quantitative estimate of drug-likeness (QED) is 0.683.